The molecule has 1 aromatic rings. The predicted octanol–water partition coefficient (Wildman–Crippen LogP) is 3.10. The first-order chi connectivity index (χ1) is 9.11. The van der Waals surface area contributed by atoms with Crippen LogP contribution in [0, 0.1) is 11.2 Å². The van der Waals surface area contributed by atoms with Crippen molar-refractivity contribution >= 4 is 29.3 Å². The molecule has 1 aromatic carbocycles. The number of hydrogen-bond donors (Lipinski definition) is 3. The van der Waals surface area contributed by atoms with Gasteiger partial charge in [0.25, 0.3) is 0 Å². The molecule has 20 heavy (non-hydrogen) atoms. The fourth-order valence-electron chi connectivity index (χ4n) is 1.53. The second-order valence-electron chi connectivity index (χ2n) is 5.36. The summed E-state index contributed by atoms with van der Waals surface area (Å²) in [5, 5.41) is 13.9. The molecule has 0 heterocycles. The average molecular weight is 303 g/mol. The lowest BCUT2D eigenvalue weighted by atomic mass is 9.87. The van der Waals surface area contributed by atoms with E-state index in [0.29, 0.717) is 0 Å². The van der Waals surface area contributed by atoms with Crippen molar-refractivity contribution in [3.05, 3.63) is 29.0 Å². The Balaban J connectivity index is 2.79. The lowest BCUT2D eigenvalue weighted by Crippen LogP contribution is -2.50. The van der Waals surface area contributed by atoms with Crippen LogP contribution in [0.15, 0.2) is 18.2 Å². The molecule has 110 valence electrons. The third-order valence-electron chi connectivity index (χ3n) is 2.57. The van der Waals surface area contributed by atoms with Gasteiger partial charge in [0, 0.05) is 0 Å². The highest BCUT2D eigenvalue weighted by Crippen LogP contribution is 2.23. The second kappa shape index (κ2) is 6.09. The van der Waals surface area contributed by atoms with E-state index in [4.69, 9.17) is 16.7 Å². The maximum Gasteiger partial charge on any atom is 0.326 e. The number of carboxylic acids is 1. The van der Waals surface area contributed by atoms with Gasteiger partial charge in [-0.3, -0.25) is 0 Å². The minimum absolute atomic E-state index is 0.0304. The molecule has 0 saturated heterocycles. The van der Waals surface area contributed by atoms with Crippen molar-refractivity contribution in [2.75, 3.05) is 5.32 Å². The minimum atomic E-state index is -1.14. The Morgan fingerprint density at radius 3 is 2.40 bits per heavy atom. The number of aliphatic carboxylic acids is 1. The van der Waals surface area contributed by atoms with E-state index in [1.807, 2.05) is 0 Å². The van der Waals surface area contributed by atoms with Crippen LogP contribution in [-0.4, -0.2) is 23.1 Å². The molecule has 3 N–H and O–H groups in total. The van der Waals surface area contributed by atoms with Crippen LogP contribution in [0.3, 0.4) is 0 Å². The third-order valence-corrected chi connectivity index (χ3v) is 2.88. The van der Waals surface area contributed by atoms with Crippen molar-refractivity contribution in [1.29, 1.82) is 0 Å². The Morgan fingerprint density at radius 1 is 1.35 bits per heavy atom. The molecule has 0 spiro atoms. The van der Waals surface area contributed by atoms with Gasteiger partial charge in [0.1, 0.15) is 11.9 Å². The zero-order valence-corrected chi connectivity index (χ0v) is 12.1. The predicted molar refractivity (Wildman–Crippen MR) is 74.4 cm³/mol. The summed E-state index contributed by atoms with van der Waals surface area (Å²) in [6.45, 7) is 5.07. The minimum Gasteiger partial charge on any atom is -0.480 e. The number of hydrogen-bond acceptors (Lipinski definition) is 2. The molecule has 0 aromatic heterocycles. The van der Waals surface area contributed by atoms with Crippen molar-refractivity contribution in [3.8, 4) is 0 Å². The summed E-state index contributed by atoms with van der Waals surface area (Å²) in [5.41, 5.74) is -0.459. The Bertz CT molecular complexity index is 529. The number of urea groups is 1. The maximum atomic E-state index is 12.9. The molecule has 7 heteroatoms. The average Bonchev–Trinajstić information content (AvgIpc) is 2.28. The highest BCUT2D eigenvalue weighted by Gasteiger charge is 2.32. The number of carbonyl (C=O) groups excluding carboxylic acids is 1. The van der Waals surface area contributed by atoms with Crippen LogP contribution in [0.1, 0.15) is 20.8 Å². The lowest BCUT2D eigenvalue weighted by molar-refractivity contribution is -0.141. The van der Waals surface area contributed by atoms with Gasteiger partial charge >= 0.3 is 12.0 Å². The van der Waals surface area contributed by atoms with E-state index in [1.165, 1.54) is 6.07 Å². The third kappa shape index (κ3) is 4.38. The molecule has 0 fully saturated rings. The molecule has 0 aliphatic carbocycles. The Hall–Kier alpha value is -1.82. The monoisotopic (exact) mass is 302 g/mol. The van der Waals surface area contributed by atoms with Gasteiger partial charge < -0.3 is 15.7 Å². The molecular formula is C13H16ClFN2O3. The first-order valence-corrected chi connectivity index (χ1v) is 6.24. The topological polar surface area (TPSA) is 78.4 Å². The standard InChI is InChI=1S/C13H16ClFN2O3/c1-13(2,3)10(11(18)19)17-12(20)16-9-5-4-7(15)6-8(9)14/h4-6,10H,1-3H3,(H,18,19)(H2,16,17,20)/t10-/m0/s1. The molecule has 0 bridgehead atoms. The lowest BCUT2D eigenvalue weighted by Gasteiger charge is -2.27. The first kappa shape index (κ1) is 16.2. The molecule has 5 nitrogen and oxygen atoms in total. The van der Waals surface area contributed by atoms with Crippen LogP contribution in [0.2, 0.25) is 5.02 Å². The van der Waals surface area contributed by atoms with Gasteiger partial charge in [-0.1, -0.05) is 32.4 Å². The van der Waals surface area contributed by atoms with E-state index in [2.05, 4.69) is 10.6 Å². The van der Waals surface area contributed by atoms with Crippen molar-refractivity contribution in [1.82, 2.24) is 5.32 Å². The fraction of sp³-hybridized carbons (Fsp3) is 0.385. The van der Waals surface area contributed by atoms with Crippen LogP contribution in [0.5, 0.6) is 0 Å². The molecule has 1 atom stereocenters. The van der Waals surface area contributed by atoms with Gasteiger partial charge in [-0.2, -0.15) is 0 Å². The van der Waals surface area contributed by atoms with E-state index in [-0.39, 0.29) is 10.7 Å². The van der Waals surface area contributed by atoms with Crippen LogP contribution in [0.25, 0.3) is 0 Å². The fourth-order valence-corrected chi connectivity index (χ4v) is 1.74. The Morgan fingerprint density at radius 2 is 1.95 bits per heavy atom. The van der Waals surface area contributed by atoms with Gasteiger partial charge in [0.05, 0.1) is 10.7 Å². The van der Waals surface area contributed by atoms with E-state index in [9.17, 15) is 14.0 Å². The van der Waals surface area contributed by atoms with Crippen molar-refractivity contribution < 1.29 is 19.1 Å². The van der Waals surface area contributed by atoms with E-state index in [0.717, 1.165) is 12.1 Å². The highest BCUT2D eigenvalue weighted by molar-refractivity contribution is 6.33. The van der Waals surface area contributed by atoms with Gasteiger partial charge in [0.2, 0.25) is 0 Å². The van der Waals surface area contributed by atoms with E-state index >= 15 is 0 Å². The first-order valence-electron chi connectivity index (χ1n) is 5.86. The molecule has 0 aliphatic heterocycles. The summed E-state index contributed by atoms with van der Waals surface area (Å²) < 4.78 is 12.9. The summed E-state index contributed by atoms with van der Waals surface area (Å²) in [6.07, 6.45) is 0. The van der Waals surface area contributed by atoms with Gasteiger partial charge in [0.15, 0.2) is 0 Å². The summed E-state index contributed by atoms with van der Waals surface area (Å²) >= 11 is 5.76. The number of nitrogens with one attached hydrogen (secondary N) is 2. The second-order valence-corrected chi connectivity index (χ2v) is 5.77. The van der Waals surface area contributed by atoms with Crippen LogP contribution < -0.4 is 10.6 Å². The molecule has 1 rings (SSSR count). The van der Waals surface area contributed by atoms with Crippen LogP contribution in [-0.2, 0) is 4.79 Å². The number of rotatable bonds is 3. The zero-order chi connectivity index (χ0) is 15.5. The number of benzene rings is 1. The van der Waals surface area contributed by atoms with Crippen molar-refractivity contribution in [2.24, 2.45) is 5.41 Å². The van der Waals surface area contributed by atoms with Crippen molar-refractivity contribution in [3.63, 3.8) is 0 Å². The maximum absolute atomic E-state index is 12.9. The molecule has 0 radical (unpaired) electrons. The largest absolute Gasteiger partial charge is 0.480 e. The molecule has 0 unspecified atom stereocenters. The quantitative estimate of drug-likeness (QED) is 0.803. The van der Waals surface area contributed by atoms with Crippen molar-refractivity contribution in [2.45, 2.75) is 26.8 Å². The number of anilines is 1. The number of carboxylic acid groups (broad SMARTS) is 1. The summed E-state index contributed by atoms with van der Waals surface area (Å²) in [6, 6.07) is 1.70. The molecule has 2 amide bonds. The van der Waals surface area contributed by atoms with Gasteiger partial charge in [-0.15, -0.1) is 0 Å². The Labute approximate surface area is 121 Å². The summed E-state index contributed by atoms with van der Waals surface area (Å²) in [4.78, 5) is 22.9. The number of halogens is 2. The SMILES string of the molecule is CC(C)(C)[C@@H](NC(=O)Nc1ccc(F)cc1Cl)C(=O)O. The Kier molecular flexibility index (Phi) is 4.94. The summed E-state index contributed by atoms with van der Waals surface area (Å²) in [7, 11) is 0. The van der Waals surface area contributed by atoms with E-state index < -0.39 is 29.3 Å². The van der Waals surface area contributed by atoms with Crippen LogP contribution >= 0.6 is 11.6 Å². The number of carbonyl (C=O) groups is 2. The zero-order valence-electron chi connectivity index (χ0n) is 11.3. The van der Waals surface area contributed by atoms with Crippen LogP contribution in [0.4, 0.5) is 14.9 Å². The normalized spacial score (nSPS) is 12.7. The molecular weight excluding hydrogens is 287 g/mol. The summed E-state index contributed by atoms with van der Waals surface area (Å²) in [5.74, 6) is -1.67. The number of amides is 2. The molecule has 0 saturated carbocycles. The smallest absolute Gasteiger partial charge is 0.326 e. The van der Waals surface area contributed by atoms with Gasteiger partial charge in [-0.05, 0) is 23.6 Å². The van der Waals surface area contributed by atoms with E-state index in [1.54, 1.807) is 20.8 Å². The highest BCUT2D eigenvalue weighted by atomic mass is 35.5. The van der Waals surface area contributed by atoms with Gasteiger partial charge in [-0.25, -0.2) is 14.0 Å². The molecule has 0 aliphatic rings.